The Bertz CT molecular complexity index is 1990. The Kier molecular flexibility index (Phi) is 6.92. The number of likely N-dealkylation sites (N-methyl/N-ethyl adjacent to an activating group) is 2. The second-order valence-corrected chi connectivity index (χ2v) is 18.4. The molecule has 2 aliphatic heterocycles. The summed E-state index contributed by atoms with van der Waals surface area (Å²) in [6, 6.07) is 2.23. The maximum Gasteiger partial charge on any atom is 0.266 e. The molecule has 4 nitrogen and oxygen atoms in total. The van der Waals surface area contributed by atoms with Crippen molar-refractivity contribution in [3.8, 4) is 0 Å². The number of carbonyl (C=O) groups excluding carboxylic acids is 2. The highest BCUT2D eigenvalue weighted by molar-refractivity contribution is 8.27. The largest absolute Gasteiger partial charge is 0.293 e. The van der Waals surface area contributed by atoms with Gasteiger partial charge in [0, 0.05) is 33.0 Å². The van der Waals surface area contributed by atoms with Crippen LogP contribution < -0.4 is 0 Å². The molecule has 2 aliphatic carbocycles. The molecule has 0 radical (unpaired) electrons. The van der Waals surface area contributed by atoms with E-state index < -0.39 is 0 Å². The molecule has 0 N–H and O–H groups in total. The number of rotatable bonds is 4. The lowest BCUT2D eigenvalue weighted by Crippen LogP contribution is -2.29. The zero-order valence-electron chi connectivity index (χ0n) is 22.7. The minimum absolute atomic E-state index is 0.0135. The van der Waals surface area contributed by atoms with Crippen molar-refractivity contribution >= 4 is 154 Å². The molecular weight excluding hydrogens is 677 g/mol. The van der Waals surface area contributed by atoms with Gasteiger partial charge in [-0.05, 0) is 62.1 Å². The lowest BCUT2D eigenvalue weighted by atomic mass is 9.67. The molecular formula is C30H24N2O2S8. The predicted octanol–water partition coefficient (Wildman–Crippen LogP) is 9.98. The number of nitrogens with zero attached hydrogens (tertiary/aromatic N) is 2. The molecule has 12 heteroatoms. The molecule has 0 aromatic carbocycles. The van der Waals surface area contributed by atoms with E-state index in [-0.39, 0.29) is 17.2 Å². The van der Waals surface area contributed by atoms with Crippen molar-refractivity contribution in [2.24, 2.45) is 0 Å². The van der Waals surface area contributed by atoms with Gasteiger partial charge in [-0.3, -0.25) is 19.4 Å². The van der Waals surface area contributed by atoms with Gasteiger partial charge in [0.2, 0.25) is 0 Å². The second-order valence-electron chi connectivity index (χ2n) is 10.8. The fourth-order valence-electron chi connectivity index (χ4n) is 6.65. The normalized spacial score (nSPS) is 22.6. The van der Waals surface area contributed by atoms with Crippen LogP contribution in [0.25, 0.3) is 40.4 Å². The molecule has 0 bridgehead atoms. The molecule has 8 rings (SSSR count). The Labute approximate surface area is 278 Å². The van der Waals surface area contributed by atoms with Crippen molar-refractivity contribution in [1.82, 2.24) is 9.80 Å². The van der Waals surface area contributed by atoms with Crippen LogP contribution >= 0.6 is 93.3 Å². The van der Waals surface area contributed by atoms with Gasteiger partial charge in [-0.2, -0.15) is 0 Å². The van der Waals surface area contributed by atoms with Crippen molar-refractivity contribution in [3.63, 3.8) is 0 Å². The molecule has 4 aromatic rings. The minimum Gasteiger partial charge on any atom is -0.293 e. The van der Waals surface area contributed by atoms with E-state index in [1.807, 2.05) is 53.9 Å². The average Bonchev–Trinajstić information content (AvgIpc) is 3.80. The fraction of sp³-hybridized carbons (Fsp3) is 0.333. The maximum absolute atomic E-state index is 13.1. The molecule has 2 amide bonds. The van der Waals surface area contributed by atoms with Crippen LogP contribution in [0.4, 0.5) is 0 Å². The third kappa shape index (κ3) is 4.02. The highest BCUT2D eigenvalue weighted by Gasteiger charge is 2.45. The number of hydrogen-bond donors (Lipinski definition) is 0. The third-order valence-corrected chi connectivity index (χ3v) is 16.6. The monoisotopic (exact) mass is 700 g/mol. The zero-order valence-corrected chi connectivity index (χ0v) is 29.3. The van der Waals surface area contributed by atoms with Crippen LogP contribution in [0.5, 0.6) is 0 Å². The maximum atomic E-state index is 13.1. The quantitative estimate of drug-likeness (QED) is 0.156. The summed E-state index contributed by atoms with van der Waals surface area (Å²) in [6.07, 6.45) is 12.5. The number of thiophene rings is 4. The van der Waals surface area contributed by atoms with Gasteiger partial charge in [0.05, 0.1) is 33.3 Å². The summed E-state index contributed by atoms with van der Waals surface area (Å²) in [7, 11) is 0. The average molecular weight is 701 g/mol. The summed E-state index contributed by atoms with van der Waals surface area (Å²) in [5.74, 6) is 0.0590. The Balaban J connectivity index is 1.22. The smallest absolute Gasteiger partial charge is 0.266 e. The van der Waals surface area contributed by atoms with Gasteiger partial charge in [0.15, 0.2) is 0 Å². The van der Waals surface area contributed by atoms with Crippen molar-refractivity contribution < 1.29 is 9.59 Å². The van der Waals surface area contributed by atoms with E-state index in [1.165, 1.54) is 87.0 Å². The van der Waals surface area contributed by atoms with Crippen LogP contribution in [0.1, 0.15) is 61.3 Å². The summed E-state index contributed by atoms with van der Waals surface area (Å²) < 4.78 is 9.52. The number of hydrogen-bond acceptors (Lipinski definition) is 10. The lowest BCUT2D eigenvalue weighted by Gasteiger charge is -2.36. The summed E-state index contributed by atoms with van der Waals surface area (Å²) >= 11 is 21.3. The SMILES string of the molecule is CCN1C(=O)/C(=C/C2=Cc3sc4c(sc5c6sc(/C=C7\SC(=S)N(CC)C7=O)cc6sc45)c3C23CCCCC3)SC1=S. The van der Waals surface area contributed by atoms with Crippen molar-refractivity contribution in [2.45, 2.75) is 51.4 Å². The first kappa shape index (κ1) is 28.1. The third-order valence-electron chi connectivity index (χ3n) is 8.61. The Morgan fingerprint density at radius 1 is 0.786 bits per heavy atom. The van der Waals surface area contributed by atoms with Crippen LogP contribution in [0, 0.1) is 0 Å². The Morgan fingerprint density at radius 2 is 1.40 bits per heavy atom. The van der Waals surface area contributed by atoms with E-state index in [4.69, 9.17) is 24.4 Å². The molecule has 4 aromatic heterocycles. The Morgan fingerprint density at radius 3 is 2.05 bits per heavy atom. The first-order valence-electron chi connectivity index (χ1n) is 14.0. The van der Waals surface area contributed by atoms with Crippen molar-refractivity contribution in [3.05, 3.63) is 42.8 Å². The summed E-state index contributed by atoms with van der Waals surface area (Å²) in [5, 5.41) is 0. The molecule has 4 aliphatic rings. The molecule has 3 fully saturated rings. The van der Waals surface area contributed by atoms with E-state index in [9.17, 15) is 9.59 Å². The van der Waals surface area contributed by atoms with E-state index >= 15 is 0 Å². The topological polar surface area (TPSA) is 40.6 Å². The van der Waals surface area contributed by atoms with Crippen molar-refractivity contribution in [1.29, 1.82) is 0 Å². The second kappa shape index (κ2) is 10.3. The number of thiocarbonyl (C=S) groups is 2. The van der Waals surface area contributed by atoms with Gasteiger partial charge in [-0.25, -0.2) is 0 Å². The lowest BCUT2D eigenvalue weighted by molar-refractivity contribution is -0.122. The number of thioether (sulfide) groups is 2. The highest BCUT2D eigenvalue weighted by atomic mass is 32.2. The number of fused-ring (bicyclic) bond motifs is 8. The van der Waals surface area contributed by atoms with Crippen LogP contribution in [0.2, 0.25) is 0 Å². The van der Waals surface area contributed by atoms with Crippen LogP contribution in [0.3, 0.4) is 0 Å². The summed E-state index contributed by atoms with van der Waals surface area (Å²) in [6.45, 7) is 5.16. The molecule has 0 unspecified atom stereocenters. The summed E-state index contributed by atoms with van der Waals surface area (Å²) in [4.78, 5) is 33.2. The highest BCUT2D eigenvalue weighted by Crippen LogP contribution is 2.61. The van der Waals surface area contributed by atoms with Gasteiger partial charge < -0.3 is 0 Å². The molecule has 1 spiro atoms. The molecule has 2 saturated heterocycles. The number of allylic oxidation sites excluding steroid dienone is 2. The summed E-state index contributed by atoms with van der Waals surface area (Å²) in [5.41, 5.74) is 2.77. The first-order chi connectivity index (χ1) is 20.3. The van der Waals surface area contributed by atoms with E-state index in [0.717, 1.165) is 22.6 Å². The van der Waals surface area contributed by atoms with Gasteiger partial charge in [0.1, 0.15) is 8.64 Å². The van der Waals surface area contributed by atoms with E-state index in [1.54, 1.807) is 21.1 Å². The van der Waals surface area contributed by atoms with Gasteiger partial charge in [-0.15, -0.1) is 45.3 Å². The predicted molar refractivity (Wildman–Crippen MR) is 194 cm³/mol. The van der Waals surface area contributed by atoms with Crippen molar-refractivity contribution in [2.75, 3.05) is 13.1 Å². The number of carbonyl (C=O) groups is 2. The van der Waals surface area contributed by atoms with Crippen LogP contribution in [-0.4, -0.2) is 43.3 Å². The van der Waals surface area contributed by atoms with Gasteiger partial charge >= 0.3 is 0 Å². The fourth-order valence-corrected chi connectivity index (χ4v) is 15.5. The van der Waals surface area contributed by atoms with E-state index in [2.05, 4.69) is 18.2 Å². The molecule has 42 heavy (non-hydrogen) atoms. The van der Waals surface area contributed by atoms with Gasteiger partial charge in [0.25, 0.3) is 11.8 Å². The Hall–Kier alpha value is -1.38. The first-order valence-corrected chi connectivity index (χ1v) is 19.7. The van der Waals surface area contributed by atoms with E-state index in [0.29, 0.717) is 26.6 Å². The van der Waals surface area contributed by atoms with Crippen LogP contribution in [0.15, 0.2) is 27.5 Å². The van der Waals surface area contributed by atoms with Gasteiger partial charge in [-0.1, -0.05) is 67.2 Å². The number of amides is 2. The molecule has 214 valence electrons. The molecule has 0 atom stereocenters. The van der Waals surface area contributed by atoms with Crippen LogP contribution in [-0.2, 0) is 15.0 Å². The molecule has 1 saturated carbocycles. The molecule has 6 heterocycles. The standard InChI is InChI=1S/C30H24N2O2S8/c1-3-31-26(33)18(40-28(31)35)11-14-10-16-20(30(14)8-6-5-7-9-30)22-24(38-16)25-23(42-22)21-17(39-25)12-15(37-21)13-19-27(34)32(4-2)29(36)41-19/h10-13H,3-9H2,1-2H3/b18-11-,19-13-. The minimum atomic E-state index is -0.0261. The zero-order chi connectivity index (χ0) is 28.9.